The molecule has 0 saturated heterocycles. The number of anilines is 1. The first kappa shape index (κ1) is 21.7. The van der Waals surface area contributed by atoms with Gasteiger partial charge in [-0.2, -0.15) is 5.10 Å². The van der Waals surface area contributed by atoms with Gasteiger partial charge in [-0.05, 0) is 24.1 Å². The molecule has 3 N–H and O–H groups in total. The van der Waals surface area contributed by atoms with Gasteiger partial charge in [0.15, 0.2) is 0 Å². The van der Waals surface area contributed by atoms with Crippen LogP contribution in [0.5, 0.6) is 0 Å². The standard InChI is InChI=1S/C23H28N4O3/c1-2-18-8-10-19(11-9-18)21-16-22(27(25-21)20-6-4-3-5-7-20)24-23(30)17-26(12-14-28)13-15-29/h3-11,16,28-29H,2,12-15,17H2,1H3,(H,24,30). The Morgan fingerprint density at radius 1 is 1.03 bits per heavy atom. The fourth-order valence-electron chi connectivity index (χ4n) is 3.23. The molecule has 3 rings (SSSR count). The fourth-order valence-corrected chi connectivity index (χ4v) is 3.23. The minimum Gasteiger partial charge on any atom is -0.395 e. The van der Waals surface area contributed by atoms with Crippen LogP contribution < -0.4 is 5.32 Å². The van der Waals surface area contributed by atoms with Gasteiger partial charge in [-0.3, -0.25) is 9.69 Å². The number of hydrogen-bond acceptors (Lipinski definition) is 5. The van der Waals surface area contributed by atoms with Crippen LogP contribution in [0.15, 0.2) is 60.7 Å². The van der Waals surface area contributed by atoms with E-state index in [0.717, 1.165) is 23.4 Å². The summed E-state index contributed by atoms with van der Waals surface area (Å²) in [7, 11) is 0. The smallest absolute Gasteiger partial charge is 0.239 e. The molecular formula is C23H28N4O3. The second-order valence-corrected chi connectivity index (χ2v) is 6.98. The molecular weight excluding hydrogens is 380 g/mol. The number of aromatic nitrogens is 2. The van der Waals surface area contributed by atoms with E-state index in [4.69, 9.17) is 15.3 Å². The zero-order chi connectivity index (χ0) is 21.3. The van der Waals surface area contributed by atoms with Gasteiger partial charge in [0.25, 0.3) is 0 Å². The summed E-state index contributed by atoms with van der Waals surface area (Å²) in [6, 6.07) is 19.7. The number of aliphatic hydroxyl groups is 2. The molecule has 0 spiro atoms. The molecule has 30 heavy (non-hydrogen) atoms. The number of carbonyl (C=O) groups is 1. The second kappa shape index (κ2) is 10.7. The van der Waals surface area contributed by atoms with Crippen LogP contribution in [-0.2, 0) is 11.2 Å². The van der Waals surface area contributed by atoms with Crippen LogP contribution in [0, 0.1) is 0 Å². The molecule has 7 nitrogen and oxygen atoms in total. The second-order valence-electron chi connectivity index (χ2n) is 6.98. The van der Waals surface area contributed by atoms with Gasteiger partial charge in [-0.1, -0.05) is 49.4 Å². The van der Waals surface area contributed by atoms with E-state index in [9.17, 15) is 4.79 Å². The van der Waals surface area contributed by atoms with Crippen molar-refractivity contribution < 1.29 is 15.0 Å². The summed E-state index contributed by atoms with van der Waals surface area (Å²) in [5, 5.41) is 26.0. The van der Waals surface area contributed by atoms with Gasteiger partial charge in [0.05, 0.1) is 31.1 Å². The predicted octanol–water partition coefficient (Wildman–Crippen LogP) is 2.33. The van der Waals surface area contributed by atoms with Crippen LogP contribution in [0.1, 0.15) is 12.5 Å². The molecule has 0 atom stereocenters. The van der Waals surface area contributed by atoms with E-state index in [-0.39, 0.29) is 25.7 Å². The van der Waals surface area contributed by atoms with Crippen LogP contribution >= 0.6 is 0 Å². The van der Waals surface area contributed by atoms with Gasteiger partial charge >= 0.3 is 0 Å². The average Bonchev–Trinajstić information content (AvgIpc) is 3.18. The number of aliphatic hydroxyl groups excluding tert-OH is 2. The molecule has 3 aromatic rings. The Bertz CT molecular complexity index is 933. The minimum atomic E-state index is -0.234. The van der Waals surface area contributed by atoms with Gasteiger partial charge in [-0.25, -0.2) is 4.68 Å². The number of aryl methyl sites for hydroxylation is 1. The highest BCUT2D eigenvalue weighted by Gasteiger charge is 2.16. The third-order valence-corrected chi connectivity index (χ3v) is 4.84. The Hall–Kier alpha value is -3.00. The van der Waals surface area contributed by atoms with E-state index in [0.29, 0.717) is 18.9 Å². The Morgan fingerprint density at radius 2 is 1.70 bits per heavy atom. The highest BCUT2D eigenvalue weighted by atomic mass is 16.3. The van der Waals surface area contributed by atoms with Crippen molar-refractivity contribution in [3.8, 4) is 16.9 Å². The minimum absolute atomic E-state index is 0.0711. The normalized spacial score (nSPS) is 11.1. The topological polar surface area (TPSA) is 90.6 Å². The first-order valence-corrected chi connectivity index (χ1v) is 10.1. The number of carbonyl (C=O) groups excluding carboxylic acids is 1. The van der Waals surface area contributed by atoms with Gasteiger partial charge in [0.2, 0.25) is 5.91 Å². The number of amides is 1. The molecule has 2 aromatic carbocycles. The SMILES string of the molecule is CCc1ccc(-c2cc(NC(=O)CN(CCO)CCO)n(-c3ccccc3)n2)cc1. The zero-order valence-corrected chi connectivity index (χ0v) is 17.2. The number of rotatable bonds is 10. The number of nitrogens with zero attached hydrogens (tertiary/aromatic N) is 3. The maximum atomic E-state index is 12.6. The van der Waals surface area contributed by atoms with Crippen molar-refractivity contribution in [3.63, 3.8) is 0 Å². The quantitative estimate of drug-likeness (QED) is 0.479. The lowest BCUT2D eigenvalue weighted by molar-refractivity contribution is -0.117. The van der Waals surface area contributed by atoms with Crippen LogP contribution in [-0.4, -0.2) is 63.6 Å². The van der Waals surface area contributed by atoms with Crippen molar-refractivity contribution in [2.75, 3.05) is 38.2 Å². The van der Waals surface area contributed by atoms with Crippen molar-refractivity contribution in [3.05, 3.63) is 66.2 Å². The fraction of sp³-hybridized carbons (Fsp3) is 0.304. The third-order valence-electron chi connectivity index (χ3n) is 4.84. The number of para-hydroxylation sites is 1. The largest absolute Gasteiger partial charge is 0.395 e. The van der Waals surface area contributed by atoms with Crippen molar-refractivity contribution in [2.45, 2.75) is 13.3 Å². The van der Waals surface area contributed by atoms with Crippen LogP contribution in [0.2, 0.25) is 0 Å². The molecule has 0 saturated carbocycles. The Morgan fingerprint density at radius 3 is 2.30 bits per heavy atom. The number of nitrogens with one attached hydrogen (secondary N) is 1. The van der Waals surface area contributed by atoms with Crippen molar-refractivity contribution in [2.24, 2.45) is 0 Å². The van der Waals surface area contributed by atoms with Crippen LogP contribution in [0.25, 0.3) is 16.9 Å². The van der Waals surface area contributed by atoms with E-state index >= 15 is 0 Å². The first-order valence-electron chi connectivity index (χ1n) is 10.1. The van der Waals surface area contributed by atoms with E-state index in [2.05, 4.69) is 24.4 Å². The molecule has 0 unspecified atom stereocenters. The molecule has 0 bridgehead atoms. The molecule has 1 heterocycles. The Labute approximate surface area is 176 Å². The summed E-state index contributed by atoms with van der Waals surface area (Å²) >= 11 is 0. The summed E-state index contributed by atoms with van der Waals surface area (Å²) in [6.45, 7) is 2.67. The molecule has 0 fully saturated rings. The number of hydrogen-bond donors (Lipinski definition) is 3. The first-order chi connectivity index (χ1) is 14.6. The van der Waals surface area contributed by atoms with Crippen molar-refractivity contribution in [1.82, 2.24) is 14.7 Å². The van der Waals surface area contributed by atoms with E-state index in [1.807, 2.05) is 48.5 Å². The van der Waals surface area contributed by atoms with Gasteiger partial charge in [0.1, 0.15) is 5.82 Å². The molecule has 1 amide bonds. The maximum Gasteiger partial charge on any atom is 0.239 e. The summed E-state index contributed by atoms with van der Waals surface area (Å²) in [6.07, 6.45) is 0.970. The molecule has 0 radical (unpaired) electrons. The predicted molar refractivity (Wildman–Crippen MR) is 118 cm³/mol. The summed E-state index contributed by atoms with van der Waals surface area (Å²) in [4.78, 5) is 14.3. The molecule has 158 valence electrons. The van der Waals surface area contributed by atoms with Gasteiger partial charge < -0.3 is 15.5 Å². The molecule has 0 aliphatic heterocycles. The summed E-state index contributed by atoms with van der Waals surface area (Å²) < 4.78 is 1.71. The van der Waals surface area contributed by atoms with Gasteiger partial charge in [-0.15, -0.1) is 0 Å². The third kappa shape index (κ3) is 5.54. The van der Waals surface area contributed by atoms with Crippen LogP contribution in [0.4, 0.5) is 5.82 Å². The molecule has 7 heteroatoms. The molecule has 0 aliphatic carbocycles. The van der Waals surface area contributed by atoms with Gasteiger partial charge in [0, 0.05) is 24.7 Å². The van der Waals surface area contributed by atoms with E-state index < -0.39 is 0 Å². The van der Waals surface area contributed by atoms with Crippen LogP contribution in [0.3, 0.4) is 0 Å². The summed E-state index contributed by atoms with van der Waals surface area (Å²) in [5.74, 6) is 0.329. The van der Waals surface area contributed by atoms with Crippen molar-refractivity contribution >= 4 is 11.7 Å². The van der Waals surface area contributed by atoms with E-state index in [1.165, 1.54) is 5.56 Å². The monoisotopic (exact) mass is 408 g/mol. The lowest BCUT2D eigenvalue weighted by atomic mass is 10.1. The molecule has 0 aliphatic rings. The number of benzene rings is 2. The highest BCUT2D eigenvalue weighted by molar-refractivity contribution is 5.92. The summed E-state index contributed by atoms with van der Waals surface area (Å²) in [5.41, 5.74) is 3.83. The lowest BCUT2D eigenvalue weighted by Crippen LogP contribution is -2.37. The van der Waals surface area contributed by atoms with E-state index in [1.54, 1.807) is 9.58 Å². The maximum absolute atomic E-state index is 12.6. The highest BCUT2D eigenvalue weighted by Crippen LogP contribution is 2.25. The van der Waals surface area contributed by atoms with Crippen molar-refractivity contribution in [1.29, 1.82) is 0 Å². The molecule has 1 aromatic heterocycles. The zero-order valence-electron chi connectivity index (χ0n) is 17.2. The Balaban J connectivity index is 1.87. The lowest BCUT2D eigenvalue weighted by Gasteiger charge is -2.19. The average molecular weight is 409 g/mol. The Kier molecular flexibility index (Phi) is 7.73.